The molecule has 0 radical (unpaired) electrons. The highest BCUT2D eigenvalue weighted by Gasteiger charge is 2.33. The van der Waals surface area contributed by atoms with Crippen LogP contribution >= 0.6 is 0 Å². The molecule has 0 amide bonds. The lowest BCUT2D eigenvalue weighted by Crippen LogP contribution is -2.11. The summed E-state index contributed by atoms with van der Waals surface area (Å²) in [6.07, 6.45) is 0.0294. The van der Waals surface area contributed by atoms with E-state index >= 15 is 0 Å². The highest BCUT2D eigenvalue weighted by molar-refractivity contribution is 5.85. The smallest absolute Gasteiger partial charge is 0.416 e. The van der Waals surface area contributed by atoms with Crippen molar-refractivity contribution in [2.45, 2.75) is 52.3 Å². The van der Waals surface area contributed by atoms with Gasteiger partial charge in [-0.05, 0) is 88.9 Å². The van der Waals surface area contributed by atoms with Crippen molar-refractivity contribution in [3.63, 3.8) is 0 Å². The van der Waals surface area contributed by atoms with E-state index in [0.29, 0.717) is 23.3 Å². The van der Waals surface area contributed by atoms with Gasteiger partial charge in [0.25, 0.3) is 0 Å². The van der Waals surface area contributed by atoms with Crippen molar-refractivity contribution in [1.29, 1.82) is 0 Å². The third-order valence-corrected chi connectivity index (χ3v) is 6.95. The van der Waals surface area contributed by atoms with E-state index in [1.54, 1.807) is 12.1 Å². The Labute approximate surface area is 220 Å². The number of alkyl halides is 3. The maximum atomic E-state index is 14.9. The fourth-order valence-corrected chi connectivity index (χ4v) is 4.82. The normalized spacial score (nSPS) is 14.8. The van der Waals surface area contributed by atoms with E-state index in [1.165, 1.54) is 7.11 Å². The average Bonchev–Trinajstić information content (AvgIpc) is 3.24. The topological polar surface area (TPSA) is 35.5 Å². The Hall–Kier alpha value is -3.61. The first-order chi connectivity index (χ1) is 18.0. The van der Waals surface area contributed by atoms with Crippen LogP contribution in [0.25, 0.3) is 16.7 Å². The Balaban J connectivity index is 1.66. The van der Waals surface area contributed by atoms with Crippen molar-refractivity contribution < 1.29 is 31.8 Å². The maximum Gasteiger partial charge on any atom is 0.416 e. The number of hydrogen-bond acceptors (Lipinski definition) is 3. The SMILES string of the molecule is COC(=O)CCc1cccc(OCc2ccc(-c3cc(C(F)(F)F)ccc3F)c(C3=CCCC3(C)C)c2)c1. The molecule has 0 spiro atoms. The van der Waals surface area contributed by atoms with Crippen molar-refractivity contribution in [2.24, 2.45) is 5.41 Å². The number of esters is 1. The number of methoxy groups -OCH3 is 1. The molecule has 1 aliphatic rings. The number of benzene rings is 3. The van der Waals surface area contributed by atoms with E-state index in [0.717, 1.165) is 47.7 Å². The van der Waals surface area contributed by atoms with Crippen molar-refractivity contribution in [3.05, 3.63) is 94.8 Å². The number of carbonyl (C=O) groups is 1. The predicted molar refractivity (Wildman–Crippen MR) is 139 cm³/mol. The molecule has 0 saturated heterocycles. The second-order valence-electron chi connectivity index (χ2n) is 10.1. The molecule has 0 heterocycles. The highest BCUT2D eigenvalue weighted by Crippen LogP contribution is 2.47. The molecular weight excluding hydrogens is 496 g/mol. The van der Waals surface area contributed by atoms with Gasteiger partial charge in [0.2, 0.25) is 0 Å². The summed E-state index contributed by atoms with van der Waals surface area (Å²) >= 11 is 0. The molecule has 0 atom stereocenters. The van der Waals surface area contributed by atoms with Gasteiger partial charge >= 0.3 is 12.1 Å². The summed E-state index contributed by atoms with van der Waals surface area (Å²) in [5, 5.41) is 0. The van der Waals surface area contributed by atoms with Crippen LogP contribution in [0.4, 0.5) is 17.6 Å². The molecule has 3 aromatic carbocycles. The third-order valence-electron chi connectivity index (χ3n) is 6.95. The van der Waals surface area contributed by atoms with E-state index in [4.69, 9.17) is 9.47 Å². The zero-order valence-corrected chi connectivity index (χ0v) is 21.6. The van der Waals surface area contributed by atoms with Gasteiger partial charge in [0.1, 0.15) is 18.2 Å². The van der Waals surface area contributed by atoms with Gasteiger partial charge in [-0.25, -0.2) is 4.39 Å². The molecule has 0 aromatic heterocycles. The van der Waals surface area contributed by atoms with E-state index in [1.807, 2.05) is 30.3 Å². The van der Waals surface area contributed by atoms with Gasteiger partial charge in [-0.1, -0.05) is 44.2 Å². The van der Waals surface area contributed by atoms with Crippen LogP contribution in [-0.2, 0) is 28.7 Å². The molecular formula is C31H30F4O3. The van der Waals surface area contributed by atoms with Crippen LogP contribution in [0.5, 0.6) is 5.75 Å². The summed E-state index contributed by atoms with van der Waals surface area (Å²) < 4.78 is 65.9. The number of carbonyl (C=O) groups excluding carboxylic acids is 1. The van der Waals surface area contributed by atoms with Gasteiger partial charge in [-0.3, -0.25) is 4.79 Å². The summed E-state index contributed by atoms with van der Waals surface area (Å²) in [6.45, 7) is 4.38. The monoisotopic (exact) mass is 526 g/mol. The van der Waals surface area contributed by atoms with Crippen molar-refractivity contribution in [2.75, 3.05) is 7.11 Å². The van der Waals surface area contributed by atoms with E-state index in [9.17, 15) is 22.4 Å². The van der Waals surface area contributed by atoms with Crippen molar-refractivity contribution >= 4 is 11.5 Å². The molecule has 0 unspecified atom stereocenters. The first-order valence-corrected chi connectivity index (χ1v) is 12.5. The molecule has 0 fully saturated rings. The minimum Gasteiger partial charge on any atom is -0.489 e. The number of ether oxygens (including phenoxy) is 2. The summed E-state index contributed by atoms with van der Waals surface area (Å²) in [7, 11) is 1.35. The molecule has 4 rings (SSSR count). The van der Waals surface area contributed by atoms with Gasteiger partial charge in [0, 0.05) is 12.0 Å². The lowest BCUT2D eigenvalue weighted by molar-refractivity contribution is -0.140. The van der Waals surface area contributed by atoms with Crippen LogP contribution < -0.4 is 4.74 Å². The molecule has 3 aromatic rings. The van der Waals surface area contributed by atoms with Gasteiger partial charge in [0.05, 0.1) is 12.7 Å². The molecule has 7 heteroatoms. The van der Waals surface area contributed by atoms with E-state index in [2.05, 4.69) is 19.9 Å². The summed E-state index contributed by atoms with van der Waals surface area (Å²) in [5.74, 6) is -0.365. The van der Waals surface area contributed by atoms with Crippen molar-refractivity contribution in [3.8, 4) is 16.9 Å². The molecule has 200 valence electrons. The van der Waals surface area contributed by atoms with E-state index < -0.39 is 17.6 Å². The predicted octanol–water partition coefficient (Wildman–Crippen LogP) is 8.40. The number of rotatable bonds is 8. The summed E-state index contributed by atoms with van der Waals surface area (Å²) in [6, 6.07) is 15.3. The average molecular weight is 527 g/mol. The quantitative estimate of drug-likeness (QED) is 0.218. The Kier molecular flexibility index (Phi) is 7.95. The number of aryl methyl sites for hydroxylation is 1. The largest absolute Gasteiger partial charge is 0.489 e. The van der Waals surface area contributed by atoms with Crippen LogP contribution in [0.1, 0.15) is 55.4 Å². The van der Waals surface area contributed by atoms with E-state index in [-0.39, 0.29) is 30.0 Å². The van der Waals surface area contributed by atoms with Crippen LogP contribution in [-0.4, -0.2) is 13.1 Å². The van der Waals surface area contributed by atoms with Gasteiger partial charge in [0.15, 0.2) is 0 Å². The Morgan fingerprint density at radius 1 is 0.947 bits per heavy atom. The maximum absolute atomic E-state index is 14.9. The fraction of sp³-hybridized carbons (Fsp3) is 0.323. The molecule has 0 N–H and O–H groups in total. The lowest BCUT2D eigenvalue weighted by Gasteiger charge is -2.26. The molecule has 38 heavy (non-hydrogen) atoms. The Morgan fingerprint density at radius 2 is 1.74 bits per heavy atom. The highest BCUT2D eigenvalue weighted by atomic mass is 19.4. The second-order valence-corrected chi connectivity index (χ2v) is 10.1. The van der Waals surface area contributed by atoms with Crippen LogP contribution in [0.2, 0.25) is 0 Å². The molecule has 3 nitrogen and oxygen atoms in total. The van der Waals surface area contributed by atoms with Crippen molar-refractivity contribution in [1.82, 2.24) is 0 Å². The third kappa shape index (κ3) is 6.26. The second kappa shape index (κ2) is 11.0. The Morgan fingerprint density at radius 3 is 2.42 bits per heavy atom. The van der Waals surface area contributed by atoms with Crippen LogP contribution in [0.3, 0.4) is 0 Å². The standard InChI is InChI=1S/C31H30F4O3/c1-30(2)15-5-8-27(30)25-17-21(19-38-23-7-4-6-20(16-23)10-14-29(36)37-3)9-12-24(25)26-18-22(31(33,34)35)11-13-28(26)32/h4,6-9,11-13,16-18H,5,10,14-15,19H2,1-3H3. The zero-order valence-electron chi connectivity index (χ0n) is 21.6. The summed E-state index contributed by atoms with van der Waals surface area (Å²) in [5.41, 5.74) is 2.67. The number of halogens is 4. The van der Waals surface area contributed by atoms with Gasteiger partial charge in [-0.15, -0.1) is 0 Å². The zero-order chi connectivity index (χ0) is 27.5. The molecule has 0 bridgehead atoms. The minimum atomic E-state index is -4.58. The number of allylic oxidation sites excluding steroid dienone is 2. The minimum absolute atomic E-state index is 0.0794. The lowest BCUT2D eigenvalue weighted by atomic mass is 9.79. The molecule has 1 aliphatic carbocycles. The van der Waals surface area contributed by atoms with Crippen LogP contribution in [0.15, 0.2) is 66.7 Å². The summed E-state index contributed by atoms with van der Waals surface area (Å²) in [4.78, 5) is 11.4. The number of hydrogen-bond donors (Lipinski definition) is 0. The fourth-order valence-electron chi connectivity index (χ4n) is 4.82. The van der Waals surface area contributed by atoms with Gasteiger partial charge in [-0.2, -0.15) is 13.2 Å². The van der Waals surface area contributed by atoms with Gasteiger partial charge < -0.3 is 9.47 Å². The molecule has 0 aliphatic heterocycles. The Bertz CT molecular complexity index is 1360. The first-order valence-electron chi connectivity index (χ1n) is 12.5. The first kappa shape index (κ1) is 27.4. The van der Waals surface area contributed by atoms with Crippen LogP contribution in [0, 0.1) is 11.2 Å². The molecule has 0 saturated carbocycles.